The van der Waals surface area contributed by atoms with E-state index in [-0.39, 0.29) is 5.91 Å². The molecular formula is C30H42N6O6. The summed E-state index contributed by atoms with van der Waals surface area (Å²) in [5.41, 5.74) is -0.100. The number of nitrogens with zero attached hydrogens (tertiary/aromatic N) is 6. The first-order valence-corrected chi connectivity index (χ1v) is 15.5. The number of aromatic nitrogens is 1. The largest absolute Gasteiger partial charge is 0.450 e. The van der Waals surface area contributed by atoms with Crippen molar-refractivity contribution in [2.45, 2.75) is 64.5 Å². The highest BCUT2D eigenvalue weighted by Crippen LogP contribution is 2.37. The van der Waals surface area contributed by atoms with E-state index in [1.165, 1.54) is 25.7 Å². The third-order valence-electron chi connectivity index (χ3n) is 9.44. The first-order chi connectivity index (χ1) is 20.2. The molecule has 0 N–H and O–H groups in total. The van der Waals surface area contributed by atoms with Gasteiger partial charge in [0, 0.05) is 58.9 Å². The Bertz CT molecular complexity index is 1220. The Hall–Kier alpha value is -3.57. The topological polar surface area (TPSA) is 116 Å². The Balaban J connectivity index is 1.04. The van der Waals surface area contributed by atoms with Crippen molar-refractivity contribution in [1.29, 1.82) is 0 Å². The van der Waals surface area contributed by atoms with Crippen molar-refractivity contribution in [2.24, 2.45) is 5.41 Å². The van der Waals surface area contributed by atoms with Gasteiger partial charge in [-0.2, -0.15) is 0 Å². The van der Waals surface area contributed by atoms with Crippen LogP contribution in [0.2, 0.25) is 0 Å². The summed E-state index contributed by atoms with van der Waals surface area (Å²) in [6, 6.07) is 3.89. The number of carbonyl (C=O) groups excluding carboxylic acids is 4. The summed E-state index contributed by atoms with van der Waals surface area (Å²) < 4.78 is 10.8. The van der Waals surface area contributed by atoms with Crippen molar-refractivity contribution < 1.29 is 28.7 Å². The van der Waals surface area contributed by atoms with Crippen LogP contribution in [0, 0.1) is 5.41 Å². The molecule has 0 radical (unpaired) electrons. The molecule has 0 spiro atoms. The molecule has 5 aliphatic heterocycles. The summed E-state index contributed by atoms with van der Waals surface area (Å²) >= 11 is 0. The SMILES string of the molecule is CC1(C)C(=O)C(OC(=O)COC(=O)N2CCN(c3nc(N4CCCC4)ccc3N3CCCC3)CC2)C2CCCN2C1=O. The van der Waals surface area contributed by atoms with Crippen LogP contribution in [0.15, 0.2) is 12.1 Å². The second kappa shape index (κ2) is 11.6. The monoisotopic (exact) mass is 582 g/mol. The lowest BCUT2D eigenvalue weighted by Crippen LogP contribution is -2.62. The number of fused-ring (bicyclic) bond motifs is 1. The summed E-state index contributed by atoms with van der Waals surface area (Å²) in [6.07, 6.45) is 4.47. The average molecular weight is 583 g/mol. The molecular weight excluding hydrogens is 540 g/mol. The van der Waals surface area contributed by atoms with Gasteiger partial charge in [-0.25, -0.2) is 14.6 Å². The number of ether oxygens (including phenoxy) is 2. The summed E-state index contributed by atoms with van der Waals surface area (Å²) in [6.45, 7) is 9.31. The fourth-order valence-corrected chi connectivity index (χ4v) is 6.97. The number of piperazine rings is 1. The molecule has 5 fully saturated rings. The van der Waals surface area contributed by atoms with Gasteiger partial charge < -0.3 is 34.0 Å². The van der Waals surface area contributed by atoms with E-state index < -0.39 is 42.0 Å². The molecule has 0 saturated carbocycles. The molecule has 0 aliphatic carbocycles. The maximum atomic E-state index is 13.0. The predicted octanol–water partition coefficient (Wildman–Crippen LogP) is 2.05. The second-order valence-corrected chi connectivity index (χ2v) is 12.5. The predicted molar refractivity (Wildman–Crippen MR) is 156 cm³/mol. The van der Waals surface area contributed by atoms with Gasteiger partial charge in [0.15, 0.2) is 24.3 Å². The lowest BCUT2D eigenvalue weighted by molar-refractivity contribution is -0.176. The van der Waals surface area contributed by atoms with E-state index in [0.29, 0.717) is 39.1 Å². The molecule has 2 atom stereocenters. The summed E-state index contributed by atoms with van der Waals surface area (Å²) in [5, 5.41) is 0. The second-order valence-electron chi connectivity index (χ2n) is 12.5. The van der Waals surface area contributed by atoms with Gasteiger partial charge in [0.25, 0.3) is 0 Å². The van der Waals surface area contributed by atoms with Crippen LogP contribution < -0.4 is 14.7 Å². The third-order valence-corrected chi connectivity index (χ3v) is 9.44. The maximum Gasteiger partial charge on any atom is 0.410 e. The Morgan fingerprint density at radius 3 is 2.21 bits per heavy atom. The lowest BCUT2D eigenvalue weighted by atomic mass is 9.77. The van der Waals surface area contributed by atoms with Crippen molar-refractivity contribution in [1.82, 2.24) is 14.8 Å². The molecule has 0 bridgehead atoms. The minimum atomic E-state index is -1.25. The molecule has 6 rings (SSSR count). The van der Waals surface area contributed by atoms with Gasteiger partial charge in [-0.1, -0.05) is 0 Å². The molecule has 5 aliphatic rings. The minimum Gasteiger partial charge on any atom is -0.450 e. The highest BCUT2D eigenvalue weighted by atomic mass is 16.6. The molecule has 12 heteroatoms. The number of anilines is 3. The van der Waals surface area contributed by atoms with Gasteiger partial charge >= 0.3 is 12.1 Å². The molecule has 228 valence electrons. The fraction of sp³-hybridized carbons (Fsp3) is 0.700. The van der Waals surface area contributed by atoms with E-state index in [0.717, 1.165) is 49.9 Å². The van der Waals surface area contributed by atoms with E-state index in [9.17, 15) is 19.2 Å². The molecule has 5 saturated heterocycles. The molecule has 2 unspecified atom stereocenters. The van der Waals surface area contributed by atoms with Crippen molar-refractivity contribution in [3.05, 3.63) is 12.1 Å². The van der Waals surface area contributed by atoms with E-state index in [4.69, 9.17) is 14.5 Å². The van der Waals surface area contributed by atoms with Crippen LogP contribution in [-0.4, -0.2) is 116 Å². The Morgan fingerprint density at radius 1 is 0.857 bits per heavy atom. The Labute approximate surface area is 246 Å². The number of rotatable bonds is 6. The van der Waals surface area contributed by atoms with Crippen molar-refractivity contribution in [3.63, 3.8) is 0 Å². The van der Waals surface area contributed by atoms with Gasteiger partial charge in [-0.3, -0.25) is 9.59 Å². The standard InChI is InChI=1S/C30H42N6O6/c1-30(2)26(38)25(21-8-7-15-36(21)28(30)39)42-24(37)20-41-29(40)35-18-16-34(17-19-35)27-22(32-11-3-4-12-32)9-10-23(31-27)33-13-5-6-14-33/h9-10,21,25H,3-8,11-20H2,1-2H3. The molecule has 12 nitrogen and oxygen atoms in total. The van der Waals surface area contributed by atoms with Gasteiger partial charge in [0.05, 0.1) is 11.7 Å². The van der Waals surface area contributed by atoms with Gasteiger partial charge in [-0.05, 0) is 64.5 Å². The summed E-state index contributed by atoms with van der Waals surface area (Å²) in [7, 11) is 0. The normalized spacial score (nSPS) is 25.7. The van der Waals surface area contributed by atoms with Crippen LogP contribution in [0.5, 0.6) is 0 Å². The third kappa shape index (κ3) is 5.35. The van der Waals surface area contributed by atoms with Crippen LogP contribution in [-0.2, 0) is 23.9 Å². The van der Waals surface area contributed by atoms with Gasteiger partial charge in [0.2, 0.25) is 5.91 Å². The highest BCUT2D eigenvalue weighted by Gasteiger charge is 2.55. The number of piperidine rings is 1. The number of carbonyl (C=O) groups is 4. The van der Waals surface area contributed by atoms with E-state index >= 15 is 0 Å². The smallest absolute Gasteiger partial charge is 0.410 e. The van der Waals surface area contributed by atoms with Crippen LogP contribution >= 0.6 is 0 Å². The number of hydrogen-bond donors (Lipinski definition) is 0. The van der Waals surface area contributed by atoms with Crippen LogP contribution in [0.1, 0.15) is 52.4 Å². The van der Waals surface area contributed by atoms with Crippen LogP contribution in [0.4, 0.5) is 22.1 Å². The summed E-state index contributed by atoms with van der Waals surface area (Å²) in [4.78, 5) is 66.6. The zero-order chi connectivity index (χ0) is 29.4. The number of ketones is 1. The zero-order valence-electron chi connectivity index (χ0n) is 24.8. The number of amides is 2. The molecule has 42 heavy (non-hydrogen) atoms. The van der Waals surface area contributed by atoms with Crippen LogP contribution in [0.25, 0.3) is 0 Å². The van der Waals surface area contributed by atoms with Gasteiger partial charge in [-0.15, -0.1) is 0 Å². The molecule has 1 aromatic heterocycles. The van der Waals surface area contributed by atoms with Crippen molar-refractivity contribution in [3.8, 4) is 0 Å². The molecule has 0 aromatic carbocycles. The number of esters is 1. The van der Waals surface area contributed by atoms with Gasteiger partial charge in [0.1, 0.15) is 11.2 Å². The molecule has 1 aromatic rings. The Kier molecular flexibility index (Phi) is 7.89. The van der Waals surface area contributed by atoms with Crippen molar-refractivity contribution in [2.75, 3.05) is 80.2 Å². The van der Waals surface area contributed by atoms with E-state index in [1.807, 2.05) is 0 Å². The molecule has 2 amide bonds. The minimum absolute atomic E-state index is 0.224. The first-order valence-electron chi connectivity index (χ1n) is 15.5. The van der Waals surface area contributed by atoms with E-state index in [1.54, 1.807) is 23.6 Å². The van der Waals surface area contributed by atoms with E-state index in [2.05, 4.69) is 26.8 Å². The number of hydrogen-bond acceptors (Lipinski definition) is 10. The fourth-order valence-electron chi connectivity index (χ4n) is 6.97. The van der Waals surface area contributed by atoms with Crippen molar-refractivity contribution >= 4 is 41.1 Å². The lowest BCUT2D eigenvalue weighted by Gasteiger charge is -2.42. The average Bonchev–Trinajstić information content (AvgIpc) is 3.80. The Morgan fingerprint density at radius 2 is 1.52 bits per heavy atom. The maximum absolute atomic E-state index is 13.0. The number of Topliss-reactive ketones (excluding diaryl/α,β-unsaturated/α-hetero) is 1. The van der Waals surface area contributed by atoms with Crippen LogP contribution in [0.3, 0.4) is 0 Å². The quantitative estimate of drug-likeness (QED) is 0.365. The molecule has 6 heterocycles. The first kappa shape index (κ1) is 28.5. The zero-order valence-corrected chi connectivity index (χ0v) is 24.8. The number of pyridine rings is 1. The highest BCUT2D eigenvalue weighted by molar-refractivity contribution is 6.10. The summed E-state index contributed by atoms with van der Waals surface area (Å²) in [5.74, 6) is 0.573.